The molecule has 1 rings (SSSR count). The maximum atomic E-state index is 5.69. The number of rotatable bonds is 10. The Hall–Kier alpha value is -0.0800. The molecule has 0 bridgehead atoms. The van der Waals surface area contributed by atoms with Crippen LogP contribution in [0.5, 0.6) is 0 Å². The van der Waals surface area contributed by atoms with E-state index in [9.17, 15) is 0 Å². The van der Waals surface area contributed by atoms with Gasteiger partial charge in [0, 0.05) is 6.54 Å². The fourth-order valence-corrected chi connectivity index (χ4v) is 3.45. The van der Waals surface area contributed by atoms with Crippen molar-refractivity contribution >= 4 is 0 Å². The summed E-state index contributed by atoms with van der Waals surface area (Å²) < 4.78 is 0. The van der Waals surface area contributed by atoms with Gasteiger partial charge < -0.3 is 10.6 Å². The van der Waals surface area contributed by atoms with E-state index in [-0.39, 0.29) is 0 Å². The Labute approximate surface area is 114 Å². The standard InChI is InChI=1S/C16H34N2/c1-3-7-15(11-12-17)10-6-13-18(2)14-16-8-4-5-9-16/h15-16H,3-14,17H2,1-2H3. The van der Waals surface area contributed by atoms with E-state index in [4.69, 9.17) is 5.73 Å². The van der Waals surface area contributed by atoms with Gasteiger partial charge in [0.1, 0.15) is 0 Å². The van der Waals surface area contributed by atoms with Crippen LogP contribution in [-0.4, -0.2) is 31.6 Å². The molecule has 0 aliphatic heterocycles. The zero-order valence-electron chi connectivity index (χ0n) is 12.7. The monoisotopic (exact) mass is 254 g/mol. The normalized spacial score (nSPS) is 18.7. The summed E-state index contributed by atoms with van der Waals surface area (Å²) in [4.78, 5) is 2.56. The third-order valence-corrected chi connectivity index (χ3v) is 4.47. The van der Waals surface area contributed by atoms with E-state index in [1.54, 1.807) is 0 Å². The van der Waals surface area contributed by atoms with Crippen LogP contribution in [-0.2, 0) is 0 Å². The average Bonchev–Trinajstić information content (AvgIpc) is 2.82. The zero-order chi connectivity index (χ0) is 13.2. The fourth-order valence-electron chi connectivity index (χ4n) is 3.45. The summed E-state index contributed by atoms with van der Waals surface area (Å²) in [6.07, 6.45) is 12.5. The van der Waals surface area contributed by atoms with Crippen molar-refractivity contribution in [1.82, 2.24) is 4.90 Å². The number of hydrogen-bond acceptors (Lipinski definition) is 2. The first-order chi connectivity index (χ1) is 8.76. The molecule has 0 radical (unpaired) electrons. The Morgan fingerprint density at radius 3 is 2.50 bits per heavy atom. The molecular formula is C16H34N2. The Morgan fingerprint density at radius 2 is 1.89 bits per heavy atom. The molecule has 1 aliphatic rings. The molecule has 1 atom stereocenters. The van der Waals surface area contributed by atoms with Crippen LogP contribution in [0.15, 0.2) is 0 Å². The predicted octanol–water partition coefficient (Wildman–Crippen LogP) is 3.65. The number of nitrogens with two attached hydrogens (primary N) is 1. The van der Waals surface area contributed by atoms with Crippen molar-refractivity contribution in [2.24, 2.45) is 17.6 Å². The van der Waals surface area contributed by atoms with Crippen LogP contribution < -0.4 is 5.73 Å². The van der Waals surface area contributed by atoms with Crippen molar-refractivity contribution in [3.63, 3.8) is 0 Å². The first kappa shape index (κ1) is 16.0. The molecule has 2 heteroatoms. The van der Waals surface area contributed by atoms with E-state index < -0.39 is 0 Å². The molecule has 0 amide bonds. The molecule has 1 aliphatic carbocycles. The topological polar surface area (TPSA) is 29.3 Å². The molecule has 0 aromatic carbocycles. The van der Waals surface area contributed by atoms with E-state index in [2.05, 4.69) is 18.9 Å². The van der Waals surface area contributed by atoms with Crippen molar-refractivity contribution in [3.05, 3.63) is 0 Å². The summed E-state index contributed by atoms with van der Waals surface area (Å²) in [5.74, 6) is 1.87. The number of nitrogens with zero attached hydrogens (tertiary/aromatic N) is 1. The largest absolute Gasteiger partial charge is 0.330 e. The molecule has 0 heterocycles. The third kappa shape index (κ3) is 6.75. The van der Waals surface area contributed by atoms with Crippen LogP contribution in [0.4, 0.5) is 0 Å². The van der Waals surface area contributed by atoms with Gasteiger partial charge in [-0.2, -0.15) is 0 Å². The number of hydrogen-bond donors (Lipinski definition) is 1. The van der Waals surface area contributed by atoms with Crippen LogP contribution in [0.3, 0.4) is 0 Å². The van der Waals surface area contributed by atoms with E-state index in [1.165, 1.54) is 70.9 Å². The van der Waals surface area contributed by atoms with Crippen LogP contribution in [0.2, 0.25) is 0 Å². The molecule has 0 aromatic rings. The first-order valence-corrected chi connectivity index (χ1v) is 8.14. The Bertz CT molecular complexity index is 182. The summed E-state index contributed by atoms with van der Waals surface area (Å²) in [6.45, 7) is 5.76. The molecule has 0 saturated heterocycles. The molecule has 0 spiro atoms. The van der Waals surface area contributed by atoms with E-state index >= 15 is 0 Å². The van der Waals surface area contributed by atoms with Gasteiger partial charge in [0.2, 0.25) is 0 Å². The second kappa shape index (κ2) is 9.80. The lowest BCUT2D eigenvalue weighted by molar-refractivity contribution is 0.262. The van der Waals surface area contributed by atoms with Gasteiger partial charge in [-0.1, -0.05) is 32.6 Å². The van der Waals surface area contributed by atoms with Crippen molar-refractivity contribution in [3.8, 4) is 0 Å². The Morgan fingerprint density at radius 1 is 1.17 bits per heavy atom. The van der Waals surface area contributed by atoms with Gasteiger partial charge in [0.15, 0.2) is 0 Å². The first-order valence-electron chi connectivity index (χ1n) is 8.14. The molecular weight excluding hydrogens is 220 g/mol. The smallest absolute Gasteiger partial charge is 0.000661 e. The lowest BCUT2D eigenvalue weighted by atomic mass is 9.94. The van der Waals surface area contributed by atoms with Crippen molar-refractivity contribution in [2.45, 2.75) is 64.7 Å². The summed E-state index contributed by atoms with van der Waals surface area (Å²) in [5.41, 5.74) is 5.69. The Kier molecular flexibility index (Phi) is 8.70. The van der Waals surface area contributed by atoms with Crippen LogP contribution in [0.1, 0.15) is 64.7 Å². The highest BCUT2D eigenvalue weighted by atomic mass is 15.1. The van der Waals surface area contributed by atoms with Crippen molar-refractivity contribution < 1.29 is 0 Å². The minimum atomic E-state index is 0.864. The van der Waals surface area contributed by atoms with Gasteiger partial charge in [-0.05, 0) is 64.1 Å². The van der Waals surface area contributed by atoms with Gasteiger partial charge in [-0.3, -0.25) is 0 Å². The van der Waals surface area contributed by atoms with Crippen LogP contribution in [0.25, 0.3) is 0 Å². The predicted molar refractivity (Wildman–Crippen MR) is 80.8 cm³/mol. The van der Waals surface area contributed by atoms with Gasteiger partial charge in [-0.15, -0.1) is 0 Å². The molecule has 18 heavy (non-hydrogen) atoms. The third-order valence-electron chi connectivity index (χ3n) is 4.47. The van der Waals surface area contributed by atoms with Crippen LogP contribution >= 0.6 is 0 Å². The van der Waals surface area contributed by atoms with E-state index in [0.29, 0.717) is 0 Å². The molecule has 1 unspecified atom stereocenters. The second-order valence-electron chi connectivity index (χ2n) is 6.29. The van der Waals surface area contributed by atoms with Crippen molar-refractivity contribution in [1.29, 1.82) is 0 Å². The van der Waals surface area contributed by atoms with Gasteiger partial charge in [0.05, 0.1) is 0 Å². The van der Waals surface area contributed by atoms with E-state index in [0.717, 1.165) is 18.4 Å². The second-order valence-corrected chi connectivity index (χ2v) is 6.29. The SMILES string of the molecule is CCCC(CCN)CCCN(C)CC1CCCC1. The zero-order valence-corrected chi connectivity index (χ0v) is 12.7. The summed E-state index contributed by atoms with van der Waals surface area (Å²) in [6, 6.07) is 0. The molecule has 2 nitrogen and oxygen atoms in total. The van der Waals surface area contributed by atoms with Gasteiger partial charge in [0.25, 0.3) is 0 Å². The minimum absolute atomic E-state index is 0.864. The minimum Gasteiger partial charge on any atom is -0.330 e. The molecule has 108 valence electrons. The quantitative estimate of drug-likeness (QED) is 0.645. The molecule has 1 fully saturated rings. The van der Waals surface area contributed by atoms with Gasteiger partial charge >= 0.3 is 0 Å². The molecule has 1 saturated carbocycles. The highest BCUT2D eigenvalue weighted by Gasteiger charge is 2.16. The fraction of sp³-hybridized carbons (Fsp3) is 1.00. The lowest BCUT2D eigenvalue weighted by Crippen LogP contribution is -2.26. The molecule has 0 aromatic heterocycles. The molecule has 2 N–H and O–H groups in total. The maximum absolute atomic E-state index is 5.69. The van der Waals surface area contributed by atoms with Crippen molar-refractivity contribution in [2.75, 3.05) is 26.7 Å². The van der Waals surface area contributed by atoms with Crippen LogP contribution in [0, 0.1) is 11.8 Å². The highest BCUT2D eigenvalue weighted by Crippen LogP contribution is 2.25. The van der Waals surface area contributed by atoms with E-state index in [1.807, 2.05) is 0 Å². The highest BCUT2D eigenvalue weighted by molar-refractivity contribution is 4.70. The average molecular weight is 254 g/mol. The lowest BCUT2D eigenvalue weighted by Gasteiger charge is -2.22. The summed E-state index contributed by atoms with van der Waals surface area (Å²) in [7, 11) is 2.30. The summed E-state index contributed by atoms with van der Waals surface area (Å²) >= 11 is 0. The van der Waals surface area contributed by atoms with Gasteiger partial charge in [-0.25, -0.2) is 0 Å². The Balaban J connectivity index is 2.06. The summed E-state index contributed by atoms with van der Waals surface area (Å²) in [5, 5.41) is 0. The maximum Gasteiger partial charge on any atom is 0.000661 e.